The molecule has 0 saturated heterocycles. The zero-order chi connectivity index (χ0) is 26.5. The quantitative estimate of drug-likeness (QED) is 0.415. The molecule has 7 nitrogen and oxygen atoms in total. The summed E-state index contributed by atoms with van der Waals surface area (Å²) in [6, 6.07) is 6.93. The molecular formula is C23H27Cl3FN3O4S. The van der Waals surface area contributed by atoms with Gasteiger partial charge in [-0.15, -0.1) is 0 Å². The molecule has 0 aliphatic rings. The molecule has 1 atom stereocenters. The first-order valence-corrected chi connectivity index (χ1v) is 13.7. The fourth-order valence-electron chi connectivity index (χ4n) is 3.38. The van der Waals surface area contributed by atoms with Gasteiger partial charge in [0.15, 0.2) is 0 Å². The Hall–Kier alpha value is -2.07. The smallest absolute Gasteiger partial charge is 0.244 e. The summed E-state index contributed by atoms with van der Waals surface area (Å²) in [5, 5.41) is 2.94. The monoisotopic (exact) mass is 565 g/mol. The number of sulfonamides is 1. The Morgan fingerprint density at radius 3 is 2.11 bits per heavy atom. The van der Waals surface area contributed by atoms with Gasteiger partial charge in [0.2, 0.25) is 21.8 Å². The Morgan fingerprint density at radius 2 is 1.60 bits per heavy atom. The molecule has 0 aliphatic heterocycles. The maximum absolute atomic E-state index is 13.6. The van der Waals surface area contributed by atoms with Gasteiger partial charge < -0.3 is 10.2 Å². The van der Waals surface area contributed by atoms with Crippen molar-refractivity contribution >= 4 is 62.3 Å². The third-order valence-electron chi connectivity index (χ3n) is 5.02. The van der Waals surface area contributed by atoms with Gasteiger partial charge in [-0.2, -0.15) is 0 Å². The highest BCUT2D eigenvalue weighted by molar-refractivity contribution is 7.92. The van der Waals surface area contributed by atoms with E-state index in [0.29, 0.717) is 5.56 Å². The van der Waals surface area contributed by atoms with Crippen molar-refractivity contribution in [2.45, 2.75) is 45.8 Å². The fourth-order valence-corrected chi connectivity index (χ4v) is 4.93. The van der Waals surface area contributed by atoms with Crippen LogP contribution in [0.4, 0.5) is 10.1 Å². The van der Waals surface area contributed by atoms with E-state index in [2.05, 4.69) is 5.32 Å². The molecule has 2 aromatic rings. The molecule has 0 aliphatic carbocycles. The first-order valence-electron chi connectivity index (χ1n) is 10.7. The van der Waals surface area contributed by atoms with Gasteiger partial charge in [0, 0.05) is 12.6 Å². The largest absolute Gasteiger partial charge is 0.352 e. The number of hydrogen-bond donors (Lipinski definition) is 1. The molecule has 192 valence electrons. The zero-order valence-electron chi connectivity index (χ0n) is 19.7. The van der Waals surface area contributed by atoms with Gasteiger partial charge in [-0.1, -0.05) is 53.9 Å². The predicted molar refractivity (Wildman–Crippen MR) is 138 cm³/mol. The Kier molecular flexibility index (Phi) is 10.2. The SMILES string of the molecule is CCC(C(=O)NC(C)C)N(Cc1ccc(F)cc1)C(=O)CN(c1cc(Cl)c(Cl)cc1Cl)S(C)(=O)=O. The van der Waals surface area contributed by atoms with Crippen LogP contribution < -0.4 is 9.62 Å². The number of amides is 2. The maximum Gasteiger partial charge on any atom is 0.244 e. The number of carbonyl (C=O) groups excluding carboxylic acids is 2. The highest BCUT2D eigenvalue weighted by atomic mass is 35.5. The number of carbonyl (C=O) groups is 2. The van der Waals surface area contributed by atoms with Crippen molar-refractivity contribution in [2.24, 2.45) is 0 Å². The molecule has 35 heavy (non-hydrogen) atoms. The first kappa shape index (κ1) is 29.2. The van der Waals surface area contributed by atoms with E-state index >= 15 is 0 Å². The van der Waals surface area contributed by atoms with E-state index < -0.39 is 40.2 Å². The van der Waals surface area contributed by atoms with Crippen molar-refractivity contribution in [3.63, 3.8) is 0 Å². The average molecular weight is 567 g/mol. The van der Waals surface area contributed by atoms with E-state index in [1.807, 2.05) is 0 Å². The van der Waals surface area contributed by atoms with Crippen LogP contribution in [0.3, 0.4) is 0 Å². The predicted octanol–water partition coefficient (Wildman–Crippen LogP) is 4.88. The number of nitrogens with one attached hydrogen (secondary N) is 1. The lowest BCUT2D eigenvalue weighted by molar-refractivity contribution is -0.140. The summed E-state index contributed by atoms with van der Waals surface area (Å²) in [5.41, 5.74) is 0.535. The van der Waals surface area contributed by atoms with Crippen LogP contribution in [0.5, 0.6) is 0 Å². The van der Waals surface area contributed by atoms with Gasteiger partial charge in [-0.3, -0.25) is 13.9 Å². The average Bonchev–Trinajstić information content (AvgIpc) is 2.74. The first-order chi connectivity index (χ1) is 16.2. The molecule has 2 aromatic carbocycles. The van der Waals surface area contributed by atoms with Crippen LogP contribution >= 0.6 is 34.8 Å². The molecule has 1 N–H and O–H groups in total. The summed E-state index contributed by atoms with van der Waals surface area (Å²) in [6.07, 6.45) is 1.18. The van der Waals surface area contributed by atoms with E-state index in [0.717, 1.165) is 10.6 Å². The van der Waals surface area contributed by atoms with Crippen molar-refractivity contribution < 1.29 is 22.4 Å². The second-order valence-corrected chi connectivity index (χ2v) is 11.4. The summed E-state index contributed by atoms with van der Waals surface area (Å²) in [7, 11) is -4.00. The highest BCUT2D eigenvalue weighted by Gasteiger charge is 2.32. The Morgan fingerprint density at radius 1 is 1.03 bits per heavy atom. The van der Waals surface area contributed by atoms with Crippen LogP contribution in [0.25, 0.3) is 0 Å². The lowest BCUT2D eigenvalue weighted by Gasteiger charge is -2.33. The third-order valence-corrected chi connectivity index (χ3v) is 7.17. The van der Waals surface area contributed by atoms with Gasteiger partial charge in [0.05, 0.1) is 27.0 Å². The fraction of sp³-hybridized carbons (Fsp3) is 0.391. The van der Waals surface area contributed by atoms with Crippen molar-refractivity contribution in [3.05, 3.63) is 62.8 Å². The zero-order valence-corrected chi connectivity index (χ0v) is 22.8. The van der Waals surface area contributed by atoms with E-state index in [1.165, 1.54) is 41.3 Å². The molecule has 0 spiro atoms. The summed E-state index contributed by atoms with van der Waals surface area (Å²) in [5.74, 6) is -1.50. The van der Waals surface area contributed by atoms with Crippen LogP contribution in [0.15, 0.2) is 36.4 Å². The summed E-state index contributed by atoms with van der Waals surface area (Å²) >= 11 is 18.3. The van der Waals surface area contributed by atoms with Gasteiger partial charge in [0.25, 0.3) is 0 Å². The number of benzene rings is 2. The normalized spacial score (nSPS) is 12.4. The Bertz CT molecular complexity index is 1180. The molecule has 0 fully saturated rings. The minimum atomic E-state index is -4.00. The van der Waals surface area contributed by atoms with Crippen molar-refractivity contribution in [3.8, 4) is 0 Å². The molecule has 0 bridgehead atoms. The topological polar surface area (TPSA) is 86.8 Å². The van der Waals surface area contributed by atoms with Crippen molar-refractivity contribution in [2.75, 3.05) is 17.1 Å². The molecule has 0 heterocycles. The number of rotatable bonds is 10. The van der Waals surface area contributed by atoms with Crippen LogP contribution in [-0.4, -0.2) is 50.0 Å². The maximum atomic E-state index is 13.6. The summed E-state index contributed by atoms with van der Waals surface area (Å²) < 4.78 is 39.5. The van der Waals surface area contributed by atoms with Crippen LogP contribution in [-0.2, 0) is 26.2 Å². The Labute approximate surface area is 220 Å². The Balaban J connectivity index is 2.50. The molecule has 1 unspecified atom stereocenters. The minimum Gasteiger partial charge on any atom is -0.352 e. The van der Waals surface area contributed by atoms with Gasteiger partial charge in [-0.05, 0) is 50.1 Å². The van der Waals surface area contributed by atoms with Gasteiger partial charge in [-0.25, -0.2) is 12.8 Å². The number of nitrogens with zero attached hydrogens (tertiary/aromatic N) is 2. The van der Waals surface area contributed by atoms with E-state index in [9.17, 15) is 22.4 Å². The second kappa shape index (κ2) is 12.3. The van der Waals surface area contributed by atoms with Gasteiger partial charge >= 0.3 is 0 Å². The second-order valence-electron chi connectivity index (χ2n) is 8.22. The summed E-state index contributed by atoms with van der Waals surface area (Å²) in [4.78, 5) is 27.7. The molecule has 2 rings (SSSR count). The molecule has 0 aromatic heterocycles. The molecular weight excluding hydrogens is 540 g/mol. The van der Waals surface area contributed by atoms with E-state index in [4.69, 9.17) is 34.8 Å². The van der Waals surface area contributed by atoms with Crippen LogP contribution in [0.2, 0.25) is 15.1 Å². The lowest BCUT2D eigenvalue weighted by Crippen LogP contribution is -2.53. The number of hydrogen-bond acceptors (Lipinski definition) is 4. The number of halogens is 4. The molecule has 2 amide bonds. The van der Waals surface area contributed by atoms with Crippen LogP contribution in [0, 0.1) is 5.82 Å². The van der Waals surface area contributed by atoms with Crippen molar-refractivity contribution in [1.82, 2.24) is 10.2 Å². The standard InChI is InChI=1S/C23H27Cl3FN3O4S/c1-5-20(23(32)28-14(2)3)29(12-15-6-8-16(27)9-7-15)22(31)13-30(35(4,33)34)21-11-18(25)17(24)10-19(21)26/h6-11,14,20H,5,12-13H2,1-4H3,(H,28,32). The number of anilines is 1. The van der Waals surface area contributed by atoms with E-state index in [-0.39, 0.29) is 39.8 Å². The molecule has 0 radical (unpaired) electrons. The molecule has 0 saturated carbocycles. The van der Waals surface area contributed by atoms with Crippen LogP contribution in [0.1, 0.15) is 32.8 Å². The van der Waals surface area contributed by atoms with E-state index in [1.54, 1.807) is 20.8 Å². The minimum absolute atomic E-state index is 0.0210. The molecule has 12 heteroatoms. The van der Waals surface area contributed by atoms with Gasteiger partial charge in [0.1, 0.15) is 18.4 Å². The lowest BCUT2D eigenvalue weighted by atomic mass is 10.1. The summed E-state index contributed by atoms with van der Waals surface area (Å²) in [6.45, 7) is 4.61. The highest BCUT2D eigenvalue weighted by Crippen LogP contribution is 2.35. The third kappa shape index (κ3) is 7.96. The van der Waals surface area contributed by atoms with Crippen molar-refractivity contribution in [1.29, 1.82) is 0 Å².